The minimum Gasteiger partial charge on any atom is -0.383 e. The molecule has 0 bridgehead atoms. The Balaban J connectivity index is 2.68. The van der Waals surface area contributed by atoms with Gasteiger partial charge in [0.25, 0.3) is 0 Å². The number of nitrogens with zero attached hydrogens (tertiary/aromatic N) is 2. The summed E-state index contributed by atoms with van der Waals surface area (Å²) in [5.74, 6) is 1.83. The first-order chi connectivity index (χ1) is 9.40. The van der Waals surface area contributed by atoms with Crippen molar-refractivity contribution >= 4 is 5.82 Å². The lowest BCUT2D eigenvalue weighted by Crippen LogP contribution is -2.25. The smallest absolute Gasteiger partial charge is 0.132 e. The van der Waals surface area contributed by atoms with Gasteiger partial charge in [0.2, 0.25) is 0 Å². The minimum atomic E-state index is -0.0537. The number of hydrogen-bond donors (Lipinski definition) is 1. The molecule has 1 aromatic carbocycles. The Bertz CT molecular complexity index is 603. The van der Waals surface area contributed by atoms with Gasteiger partial charge in [-0.25, -0.2) is 4.98 Å². The molecule has 0 saturated carbocycles. The monoisotopic (exact) mass is 271 g/mol. The van der Waals surface area contributed by atoms with Gasteiger partial charge in [0.1, 0.15) is 17.3 Å². The van der Waals surface area contributed by atoms with Crippen LogP contribution in [0.4, 0.5) is 5.82 Å². The summed E-state index contributed by atoms with van der Waals surface area (Å²) < 4.78 is 2.16. The maximum absolute atomic E-state index is 6.42. The van der Waals surface area contributed by atoms with Gasteiger partial charge in [-0.3, -0.25) is 0 Å². The predicted molar refractivity (Wildman–Crippen MR) is 85.8 cm³/mol. The van der Waals surface area contributed by atoms with Crippen LogP contribution < -0.4 is 5.73 Å². The fourth-order valence-electron chi connectivity index (χ4n) is 2.72. The van der Waals surface area contributed by atoms with E-state index < -0.39 is 0 Å². The predicted octanol–water partition coefficient (Wildman–Crippen LogP) is 4.01. The van der Waals surface area contributed by atoms with Crippen molar-refractivity contribution in [3.63, 3.8) is 0 Å². The third-order valence-electron chi connectivity index (χ3n) is 3.62. The van der Waals surface area contributed by atoms with E-state index in [1.54, 1.807) is 0 Å². The number of imidazole rings is 1. The van der Waals surface area contributed by atoms with Crippen LogP contribution in [0.1, 0.15) is 46.0 Å². The maximum Gasteiger partial charge on any atom is 0.132 e. The van der Waals surface area contributed by atoms with Crippen LogP contribution in [0.3, 0.4) is 0 Å². The lowest BCUT2D eigenvalue weighted by molar-refractivity contribution is 0.389. The quantitative estimate of drug-likeness (QED) is 0.916. The highest BCUT2D eigenvalue weighted by atomic mass is 15.2. The molecule has 2 rings (SSSR count). The Morgan fingerprint density at radius 3 is 2.25 bits per heavy atom. The highest BCUT2D eigenvalue weighted by Crippen LogP contribution is 2.33. The van der Waals surface area contributed by atoms with Crippen molar-refractivity contribution in [1.29, 1.82) is 0 Å². The fraction of sp³-hybridized carbons (Fsp3) is 0.471. The summed E-state index contributed by atoms with van der Waals surface area (Å²) in [4.78, 5) is 4.81. The molecule has 3 nitrogen and oxygen atoms in total. The van der Waals surface area contributed by atoms with Gasteiger partial charge in [0, 0.05) is 17.5 Å². The zero-order chi connectivity index (χ0) is 14.9. The van der Waals surface area contributed by atoms with E-state index in [0.717, 1.165) is 35.7 Å². The first-order valence-electron chi connectivity index (χ1n) is 7.36. The second-order valence-corrected chi connectivity index (χ2v) is 6.13. The molecule has 0 aliphatic rings. The van der Waals surface area contributed by atoms with Gasteiger partial charge < -0.3 is 10.3 Å². The van der Waals surface area contributed by atoms with Crippen LogP contribution >= 0.6 is 0 Å². The molecule has 1 aromatic heterocycles. The van der Waals surface area contributed by atoms with Gasteiger partial charge in [-0.15, -0.1) is 0 Å². The second-order valence-electron chi connectivity index (χ2n) is 6.13. The number of benzene rings is 1. The number of anilines is 1. The summed E-state index contributed by atoms with van der Waals surface area (Å²) in [5.41, 5.74) is 9.74. The molecule has 108 valence electrons. The third kappa shape index (κ3) is 2.45. The van der Waals surface area contributed by atoms with E-state index in [1.165, 1.54) is 5.56 Å². The van der Waals surface area contributed by atoms with E-state index in [2.05, 4.69) is 63.5 Å². The number of aryl methyl sites for hydroxylation is 2. The number of hydrogen-bond acceptors (Lipinski definition) is 2. The number of aromatic nitrogens is 2. The molecular weight excluding hydrogens is 246 g/mol. The zero-order valence-electron chi connectivity index (χ0n) is 13.2. The zero-order valence-corrected chi connectivity index (χ0v) is 13.2. The van der Waals surface area contributed by atoms with Crippen molar-refractivity contribution < 1.29 is 0 Å². The molecule has 0 amide bonds. The van der Waals surface area contributed by atoms with Gasteiger partial charge in [-0.05, 0) is 32.8 Å². The summed E-state index contributed by atoms with van der Waals surface area (Å²) in [5, 5.41) is 0. The maximum atomic E-state index is 6.42. The molecule has 0 fully saturated rings. The molecule has 20 heavy (non-hydrogen) atoms. The Kier molecular flexibility index (Phi) is 3.89. The highest BCUT2D eigenvalue weighted by Gasteiger charge is 2.24. The fourth-order valence-corrected chi connectivity index (χ4v) is 2.72. The van der Waals surface area contributed by atoms with E-state index in [1.807, 2.05) is 0 Å². The van der Waals surface area contributed by atoms with Crippen molar-refractivity contribution in [3.8, 4) is 11.3 Å². The molecular formula is C17H25N3. The summed E-state index contributed by atoms with van der Waals surface area (Å²) in [6.45, 7) is 10.8. The molecule has 0 aliphatic carbocycles. The van der Waals surface area contributed by atoms with Crippen molar-refractivity contribution in [1.82, 2.24) is 9.55 Å². The molecule has 0 unspecified atom stereocenters. The number of nitrogen functional groups attached to an aromatic ring is 1. The van der Waals surface area contributed by atoms with E-state index in [9.17, 15) is 0 Å². The van der Waals surface area contributed by atoms with Crippen LogP contribution in [0, 0.1) is 0 Å². The summed E-state index contributed by atoms with van der Waals surface area (Å²) in [6, 6.07) is 8.39. The van der Waals surface area contributed by atoms with E-state index in [-0.39, 0.29) is 5.54 Å². The summed E-state index contributed by atoms with van der Waals surface area (Å²) in [6.07, 6.45) is 1.87. The molecule has 2 aromatic rings. The van der Waals surface area contributed by atoms with E-state index in [4.69, 9.17) is 10.7 Å². The average molecular weight is 271 g/mol. The SMILES string of the molecule is CCc1ccccc1-c1nc(CC)n(C(C)(C)C)c1N. The van der Waals surface area contributed by atoms with Crippen LogP contribution in [0.15, 0.2) is 24.3 Å². The standard InChI is InChI=1S/C17H25N3/c1-6-12-10-8-9-11-13(12)15-16(18)20(17(3,4)5)14(7-2)19-15/h8-11H,6-7,18H2,1-5H3. The third-order valence-corrected chi connectivity index (χ3v) is 3.62. The Morgan fingerprint density at radius 2 is 1.75 bits per heavy atom. The van der Waals surface area contributed by atoms with E-state index >= 15 is 0 Å². The van der Waals surface area contributed by atoms with Gasteiger partial charge in [-0.1, -0.05) is 38.1 Å². The lowest BCUT2D eigenvalue weighted by Gasteiger charge is -2.24. The molecule has 0 radical (unpaired) electrons. The summed E-state index contributed by atoms with van der Waals surface area (Å²) in [7, 11) is 0. The van der Waals surface area contributed by atoms with Crippen LogP contribution in [0.5, 0.6) is 0 Å². The molecule has 0 atom stereocenters. The Morgan fingerprint density at radius 1 is 1.10 bits per heavy atom. The molecule has 2 N–H and O–H groups in total. The van der Waals surface area contributed by atoms with Crippen LogP contribution in [-0.2, 0) is 18.4 Å². The van der Waals surface area contributed by atoms with Gasteiger partial charge in [0.15, 0.2) is 0 Å². The first kappa shape index (κ1) is 14.6. The normalized spacial score (nSPS) is 11.8. The molecule has 0 aliphatic heterocycles. The molecule has 3 heteroatoms. The first-order valence-corrected chi connectivity index (χ1v) is 7.36. The van der Waals surface area contributed by atoms with Crippen molar-refractivity contribution in [2.75, 3.05) is 5.73 Å². The Labute approximate surface area is 121 Å². The lowest BCUT2D eigenvalue weighted by atomic mass is 10.0. The average Bonchev–Trinajstić information content (AvgIpc) is 2.75. The second kappa shape index (κ2) is 5.31. The van der Waals surface area contributed by atoms with Gasteiger partial charge in [-0.2, -0.15) is 0 Å². The van der Waals surface area contributed by atoms with Gasteiger partial charge in [0.05, 0.1) is 0 Å². The van der Waals surface area contributed by atoms with Crippen LogP contribution in [0.2, 0.25) is 0 Å². The summed E-state index contributed by atoms with van der Waals surface area (Å²) >= 11 is 0. The molecule has 1 heterocycles. The van der Waals surface area contributed by atoms with Crippen molar-refractivity contribution in [2.24, 2.45) is 0 Å². The highest BCUT2D eigenvalue weighted by molar-refractivity contribution is 5.74. The van der Waals surface area contributed by atoms with E-state index in [0.29, 0.717) is 0 Å². The topological polar surface area (TPSA) is 43.8 Å². The molecule has 0 spiro atoms. The Hall–Kier alpha value is -1.77. The van der Waals surface area contributed by atoms with Crippen molar-refractivity contribution in [2.45, 2.75) is 53.0 Å². The largest absolute Gasteiger partial charge is 0.383 e. The van der Waals surface area contributed by atoms with Crippen molar-refractivity contribution in [3.05, 3.63) is 35.7 Å². The number of nitrogens with two attached hydrogens (primary N) is 1. The van der Waals surface area contributed by atoms with Crippen LogP contribution in [0.25, 0.3) is 11.3 Å². The van der Waals surface area contributed by atoms with Crippen LogP contribution in [-0.4, -0.2) is 9.55 Å². The molecule has 0 saturated heterocycles. The minimum absolute atomic E-state index is 0.0537. The number of rotatable bonds is 3. The van der Waals surface area contributed by atoms with Gasteiger partial charge >= 0.3 is 0 Å².